The van der Waals surface area contributed by atoms with Gasteiger partial charge in [0.2, 0.25) is 0 Å². The van der Waals surface area contributed by atoms with Crippen molar-refractivity contribution in [1.29, 1.82) is 0 Å². The Morgan fingerprint density at radius 1 is 1.04 bits per heavy atom. The average molecular weight is 316 g/mol. The molecule has 3 nitrogen and oxygen atoms in total. The van der Waals surface area contributed by atoms with Crippen molar-refractivity contribution in [2.24, 2.45) is 40.4 Å². The molecule has 7 atom stereocenters. The summed E-state index contributed by atoms with van der Waals surface area (Å²) in [6, 6.07) is 0. The van der Waals surface area contributed by atoms with Gasteiger partial charge < -0.3 is 4.79 Å². The fourth-order valence-corrected chi connectivity index (χ4v) is 6.96. The highest BCUT2D eigenvalue weighted by atomic mass is 16.1. The van der Waals surface area contributed by atoms with Crippen molar-refractivity contribution in [1.82, 2.24) is 0 Å². The second-order valence-electron chi connectivity index (χ2n) is 9.19. The first-order chi connectivity index (χ1) is 10.9. The summed E-state index contributed by atoms with van der Waals surface area (Å²) in [6.45, 7) is 4.47. The lowest BCUT2D eigenvalue weighted by Crippen LogP contribution is -2.56. The predicted octanol–water partition coefficient (Wildman–Crippen LogP) is 3.59. The maximum absolute atomic E-state index is 12.9. The van der Waals surface area contributed by atoms with Crippen molar-refractivity contribution in [2.75, 3.05) is 0 Å². The Morgan fingerprint density at radius 2 is 1.83 bits per heavy atom. The Labute approximate surface area is 138 Å². The summed E-state index contributed by atoms with van der Waals surface area (Å²) in [6.07, 6.45) is 8.23. The normalized spacial score (nSPS) is 52.5. The minimum Gasteiger partial charge on any atom is -0.303 e. The van der Waals surface area contributed by atoms with Gasteiger partial charge in [0.1, 0.15) is 17.9 Å². The summed E-state index contributed by atoms with van der Waals surface area (Å²) in [5, 5.41) is 0. The lowest BCUT2D eigenvalue weighted by atomic mass is 9.44. The van der Waals surface area contributed by atoms with Gasteiger partial charge in [0.15, 0.2) is 0 Å². The number of rotatable bonds is 1. The summed E-state index contributed by atoms with van der Waals surface area (Å²) in [5.74, 6) is 2.36. The number of fused-ring (bicyclic) bond motifs is 5. The molecule has 4 aliphatic carbocycles. The zero-order chi connectivity index (χ0) is 16.4. The van der Waals surface area contributed by atoms with Crippen LogP contribution < -0.4 is 0 Å². The van der Waals surface area contributed by atoms with Crippen LogP contribution in [-0.4, -0.2) is 17.9 Å². The minimum absolute atomic E-state index is 0.0620. The van der Waals surface area contributed by atoms with E-state index in [4.69, 9.17) is 0 Å². The van der Waals surface area contributed by atoms with E-state index in [0.717, 1.165) is 44.8 Å². The number of hydrogen-bond acceptors (Lipinski definition) is 3. The SMILES string of the molecule is C[C@]12CCC3C(CC(=O)[C@H]4CC(C=O)CC[C@]34C)C1CCC2=O. The number of ketones is 2. The van der Waals surface area contributed by atoms with E-state index in [1.54, 1.807) is 0 Å². The van der Waals surface area contributed by atoms with Crippen molar-refractivity contribution >= 4 is 17.9 Å². The highest BCUT2D eigenvalue weighted by Crippen LogP contribution is 2.64. The van der Waals surface area contributed by atoms with Crippen LogP contribution in [-0.2, 0) is 14.4 Å². The van der Waals surface area contributed by atoms with Gasteiger partial charge in [-0.1, -0.05) is 13.8 Å². The monoisotopic (exact) mass is 316 g/mol. The summed E-state index contributed by atoms with van der Waals surface area (Å²) in [4.78, 5) is 36.5. The van der Waals surface area contributed by atoms with Gasteiger partial charge in [-0.15, -0.1) is 0 Å². The summed E-state index contributed by atoms with van der Waals surface area (Å²) in [5.41, 5.74) is -0.100. The third-order valence-electron chi connectivity index (χ3n) is 8.40. The van der Waals surface area contributed by atoms with Crippen molar-refractivity contribution in [3.8, 4) is 0 Å². The summed E-state index contributed by atoms with van der Waals surface area (Å²) < 4.78 is 0. The molecule has 4 aliphatic rings. The van der Waals surface area contributed by atoms with Crippen molar-refractivity contribution in [2.45, 2.75) is 65.2 Å². The van der Waals surface area contributed by atoms with Crippen LogP contribution in [0.2, 0.25) is 0 Å². The third kappa shape index (κ3) is 1.97. The van der Waals surface area contributed by atoms with Gasteiger partial charge in [0.05, 0.1) is 0 Å². The molecular formula is C20H28O3. The molecule has 0 aromatic heterocycles. The molecule has 0 amide bonds. The van der Waals surface area contributed by atoms with Crippen molar-refractivity contribution in [3.63, 3.8) is 0 Å². The number of carbonyl (C=O) groups is 3. The smallest absolute Gasteiger partial charge is 0.139 e. The summed E-state index contributed by atoms with van der Waals surface area (Å²) in [7, 11) is 0. The third-order valence-corrected chi connectivity index (χ3v) is 8.40. The van der Waals surface area contributed by atoms with E-state index in [1.165, 1.54) is 0 Å². The molecule has 0 aromatic carbocycles. The van der Waals surface area contributed by atoms with Crippen LogP contribution in [0.3, 0.4) is 0 Å². The van der Waals surface area contributed by atoms with Crippen LogP contribution in [0.5, 0.6) is 0 Å². The summed E-state index contributed by atoms with van der Waals surface area (Å²) >= 11 is 0. The number of carbonyl (C=O) groups excluding carboxylic acids is 3. The molecule has 0 heterocycles. The highest BCUT2D eigenvalue weighted by molar-refractivity contribution is 5.88. The number of hydrogen-bond donors (Lipinski definition) is 0. The molecule has 0 aliphatic heterocycles. The first kappa shape index (κ1) is 15.5. The molecule has 23 heavy (non-hydrogen) atoms. The van der Waals surface area contributed by atoms with E-state index in [9.17, 15) is 14.4 Å². The molecule has 4 saturated carbocycles. The standard InChI is InChI=1S/C20H28O3/c1-19-7-5-12(11-21)9-16(19)17(22)10-13-14-3-4-18(23)20(14,2)8-6-15(13)19/h11-16H,3-10H2,1-2H3/t12?,13?,14?,15?,16-,19-,20+/m1/s1. The molecule has 0 bridgehead atoms. The lowest BCUT2D eigenvalue weighted by molar-refractivity contribution is -0.158. The van der Waals surface area contributed by atoms with Gasteiger partial charge in [-0.3, -0.25) is 9.59 Å². The Morgan fingerprint density at radius 3 is 2.57 bits per heavy atom. The zero-order valence-electron chi connectivity index (χ0n) is 14.3. The molecule has 126 valence electrons. The quantitative estimate of drug-likeness (QED) is 0.695. The van der Waals surface area contributed by atoms with Crippen LogP contribution in [0.1, 0.15) is 65.2 Å². The van der Waals surface area contributed by atoms with Crippen LogP contribution >= 0.6 is 0 Å². The molecule has 0 radical (unpaired) electrons. The Hall–Kier alpha value is -0.990. The van der Waals surface area contributed by atoms with Gasteiger partial charge in [-0.25, -0.2) is 0 Å². The zero-order valence-corrected chi connectivity index (χ0v) is 14.3. The van der Waals surface area contributed by atoms with E-state index in [1.807, 2.05) is 0 Å². The van der Waals surface area contributed by atoms with Gasteiger partial charge in [-0.05, 0) is 61.7 Å². The van der Waals surface area contributed by atoms with E-state index in [0.29, 0.717) is 42.2 Å². The van der Waals surface area contributed by atoms with Gasteiger partial charge >= 0.3 is 0 Å². The number of aldehydes is 1. The molecule has 0 saturated heterocycles. The van der Waals surface area contributed by atoms with Crippen LogP contribution in [0.15, 0.2) is 0 Å². The molecular weight excluding hydrogens is 288 g/mol. The van der Waals surface area contributed by atoms with Crippen LogP contribution in [0, 0.1) is 40.4 Å². The lowest BCUT2D eigenvalue weighted by Gasteiger charge is -2.59. The fourth-order valence-electron chi connectivity index (χ4n) is 6.96. The maximum Gasteiger partial charge on any atom is 0.139 e. The molecule has 0 spiro atoms. The van der Waals surface area contributed by atoms with E-state index < -0.39 is 0 Å². The van der Waals surface area contributed by atoms with Gasteiger partial charge in [-0.2, -0.15) is 0 Å². The molecule has 0 N–H and O–H groups in total. The first-order valence-corrected chi connectivity index (χ1v) is 9.41. The molecule has 0 aromatic rings. The maximum atomic E-state index is 12.9. The first-order valence-electron chi connectivity index (χ1n) is 9.41. The molecule has 3 heteroatoms. The van der Waals surface area contributed by atoms with E-state index in [-0.39, 0.29) is 22.7 Å². The number of Topliss-reactive ketones (excluding diaryl/α,β-unsaturated/α-hetero) is 2. The molecule has 4 unspecified atom stereocenters. The Balaban J connectivity index is 1.67. The second-order valence-corrected chi connectivity index (χ2v) is 9.19. The van der Waals surface area contributed by atoms with Crippen molar-refractivity contribution < 1.29 is 14.4 Å². The van der Waals surface area contributed by atoms with Crippen LogP contribution in [0.4, 0.5) is 0 Å². The van der Waals surface area contributed by atoms with E-state index >= 15 is 0 Å². The van der Waals surface area contributed by atoms with Gasteiger partial charge in [0.25, 0.3) is 0 Å². The van der Waals surface area contributed by atoms with Gasteiger partial charge in [0, 0.05) is 30.1 Å². The van der Waals surface area contributed by atoms with Crippen LogP contribution in [0.25, 0.3) is 0 Å². The topological polar surface area (TPSA) is 51.2 Å². The Bertz CT molecular complexity index is 567. The molecule has 4 rings (SSSR count). The average Bonchev–Trinajstić information content (AvgIpc) is 2.83. The molecule has 4 fully saturated rings. The highest BCUT2D eigenvalue weighted by Gasteiger charge is 2.62. The van der Waals surface area contributed by atoms with E-state index in [2.05, 4.69) is 13.8 Å². The fraction of sp³-hybridized carbons (Fsp3) is 0.850. The van der Waals surface area contributed by atoms with Crippen molar-refractivity contribution in [3.05, 3.63) is 0 Å². The largest absolute Gasteiger partial charge is 0.303 e. The Kier molecular flexibility index (Phi) is 3.38. The minimum atomic E-state index is -0.162. The predicted molar refractivity (Wildman–Crippen MR) is 86.7 cm³/mol. The second kappa shape index (κ2) is 5.00.